The maximum atomic E-state index is 14.4. The molecule has 2 spiro atoms. The maximum Gasteiger partial charge on any atom is 0.253 e. The molecule has 0 atom stereocenters. The van der Waals surface area contributed by atoms with Gasteiger partial charge in [0.1, 0.15) is 11.6 Å². The number of amides is 2. The fraction of sp³-hybridized carbons (Fsp3) is 0.304. The van der Waals surface area contributed by atoms with Gasteiger partial charge in [0.15, 0.2) is 0 Å². The second kappa shape index (κ2) is 13.0. The first-order valence-corrected chi connectivity index (χ1v) is 20.2. The van der Waals surface area contributed by atoms with Gasteiger partial charge in [-0.3, -0.25) is 19.6 Å². The van der Waals surface area contributed by atoms with Crippen molar-refractivity contribution in [3.63, 3.8) is 0 Å². The quantitative estimate of drug-likeness (QED) is 0.153. The minimum Gasteiger partial charge on any atom is -0.357 e. The lowest BCUT2D eigenvalue weighted by atomic mass is 9.72. The Balaban J connectivity index is 0.000000133. The van der Waals surface area contributed by atoms with Crippen molar-refractivity contribution in [3.05, 3.63) is 129 Å². The molecule has 8 heterocycles. The minimum atomic E-state index is -0.282. The molecule has 0 bridgehead atoms. The van der Waals surface area contributed by atoms with Crippen molar-refractivity contribution in [2.24, 2.45) is 0 Å². The number of H-pyrrole nitrogens is 2. The van der Waals surface area contributed by atoms with Crippen LogP contribution in [-0.4, -0.2) is 82.5 Å². The number of halogens is 2. The van der Waals surface area contributed by atoms with Gasteiger partial charge in [-0.05, 0) is 90.9 Å². The van der Waals surface area contributed by atoms with Gasteiger partial charge in [0.2, 0.25) is 0 Å². The molecule has 4 aromatic heterocycles. The van der Waals surface area contributed by atoms with Crippen LogP contribution in [0.25, 0.3) is 45.0 Å². The van der Waals surface area contributed by atoms with Crippen LogP contribution in [0, 0.1) is 11.6 Å². The average Bonchev–Trinajstić information content (AvgIpc) is 3.82. The summed E-state index contributed by atoms with van der Waals surface area (Å²) in [5.41, 5.74) is 14.4. The van der Waals surface area contributed by atoms with Crippen molar-refractivity contribution in [3.8, 4) is 45.0 Å². The highest BCUT2D eigenvalue weighted by Gasteiger charge is 2.51. The van der Waals surface area contributed by atoms with Crippen LogP contribution in [0.2, 0.25) is 0 Å². The van der Waals surface area contributed by atoms with Gasteiger partial charge in [0.25, 0.3) is 11.8 Å². The number of hydrogen-bond acceptors (Lipinski definition) is 6. The lowest BCUT2D eigenvalue weighted by molar-refractivity contribution is 0.0555. The molecule has 12 rings (SSSR count). The topological polar surface area (TPSA) is 131 Å². The Morgan fingerprint density at radius 1 is 0.638 bits per heavy atom. The predicted octanol–water partition coefficient (Wildman–Crippen LogP) is 5.86. The van der Waals surface area contributed by atoms with E-state index in [4.69, 9.17) is 0 Å². The number of carbonyl (C=O) groups excluding carboxylic acids is 2. The van der Waals surface area contributed by atoms with Crippen molar-refractivity contribution in [2.45, 2.75) is 43.4 Å². The summed E-state index contributed by atoms with van der Waals surface area (Å²) < 4.78 is 28.6. The van der Waals surface area contributed by atoms with Crippen molar-refractivity contribution < 1.29 is 18.4 Å². The average molecular weight is 777 g/mol. The third kappa shape index (κ3) is 5.20. The Morgan fingerprint density at radius 3 is 1.59 bits per heavy atom. The molecule has 6 aromatic rings. The van der Waals surface area contributed by atoms with E-state index >= 15 is 0 Å². The lowest BCUT2D eigenvalue weighted by Crippen LogP contribution is -2.66. The van der Waals surface area contributed by atoms with Gasteiger partial charge < -0.3 is 30.8 Å². The summed E-state index contributed by atoms with van der Waals surface area (Å²) in [6.07, 6.45) is 6.99. The maximum absolute atomic E-state index is 14.4. The van der Waals surface area contributed by atoms with Crippen LogP contribution in [-0.2, 0) is 36.5 Å². The molecular formula is C46H42F2N8O2. The number of hydrogen-bond donors (Lipinski definition) is 5. The summed E-state index contributed by atoms with van der Waals surface area (Å²) >= 11 is 0. The van der Waals surface area contributed by atoms with Crippen molar-refractivity contribution in [2.75, 3.05) is 45.8 Å². The van der Waals surface area contributed by atoms with E-state index in [9.17, 15) is 18.4 Å². The normalized spacial score (nSPS) is 18.8. The van der Waals surface area contributed by atoms with E-state index < -0.39 is 0 Å². The highest BCUT2D eigenvalue weighted by molar-refractivity contribution is 6.02. The van der Waals surface area contributed by atoms with E-state index in [1.54, 1.807) is 24.3 Å². The first-order valence-electron chi connectivity index (χ1n) is 20.2. The summed E-state index contributed by atoms with van der Waals surface area (Å²) in [6, 6.07) is 17.3. The number of aromatic nitrogens is 4. The van der Waals surface area contributed by atoms with E-state index in [2.05, 4.69) is 47.7 Å². The van der Waals surface area contributed by atoms with Crippen LogP contribution in [0.15, 0.2) is 73.1 Å². The van der Waals surface area contributed by atoms with Gasteiger partial charge >= 0.3 is 0 Å². The molecule has 12 heteroatoms. The Labute approximate surface area is 333 Å². The number of benzene rings is 2. The molecule has 2 aromatic carbocycles. The standard InChI is InChI=1S/C24H23FN4O.C22H19FN4O/c1-2-29-12-24(13-29)11-27-23(30)20-16-8-7-14-10-26-19(15-5-3-4-6-18(15)25)9-17(14)21(16)28-22(20)24;23-16-4-2-1-3-13(16)17-7-15-12(8-25-17)5-6-14-18-20(27-19(14)15)22(9-24-10-22)11-26-21(18)28/h3-6,9-10,28H,2,7-8,11-13H2,1H3,(H,27,30);1-4,7-8,24,27H,5-6,9-11H2,(H,26,28). The van der Waals surface area contributed by atoms with E-state index in [1.165, 1.54) is 12.1 Å². The Bertz CT molecular complexity index is 2710. The van der Waals surface area contributed by atoms with E-state index in [0.29, 0.717) is 35.6 Å². The van der Waals surface area contributed by atoms with Gasteiger partial charge in [0.05, 0.1) is 44.7 Å². The van der Waals surface area contributed by atoms with Gasteiger partial charge in [-0.1, -0.05) is 31.2 Å². The molecule has 2 aliphatic carbocycles. The minimum absolute atomic E-state index is 0.0110. The lowest BCUT2D eigenvalue weighted by Gasteiger charge is -2.51. The van der Waals surface area contributed by atoms with Crippen molar-refractivity contribution in [1.82, 2.24) is 40.8 Å². The van der Waals surface area contributed by atoms with E-state index in [0.717, 1.165) is 126 Å². The number of carbonyl (C=O) groups is 2. The molecule has 292 valence electrons. The number of nitrogens with zero attached hydrogens (tertiary/aromatic N) is 3. The number of rotatable bonds is 3. The molecule has 0 radical (unpaired) electrons. The summed E-state index contributed by atoms with van der Waals surface area (Å²) in [5, 5.41) is 9.55. The smallest absolute Gasteiger partial charge is 0.253 e. The number of aromatic amines is 2. The van der Waals surface area contributed by atoms with Crippen molar-refractivity contribution in [1.29, 1.82) is 0 Å². The largest absolute Gasteiger partial charge is 0.357 e. The van der Waals surface area contributed by atoms with Gasteiger partial charge in [0, 0.05) is 85.3 Å². The molecule has 4 aliphatic heterocycles. The zero-order valence-electron chi connectivity index (χ0n) is 32.1. The summed E-state index contributed by atoms with van der Waals surface area (Å²) in [6.45, 7) is 8.17. The summed E-state index contributed by atoms with van der Waals surface area (Å²) in [5.74, 6) is -0.526. The molecular weight excluding hydrogens is 735 g/mol. The molecule has 2 amide bonds. The highest BCUT2D eigenvalue weighted by Crippen LogP contribution is 2.46. The van der Waals surface area contributed by atoms with Crippen LogP contribution in [0.1, 0.15) is 61.3 Å². The Morgan fingerprint density at radius 2 is 1.12 bits per heavy atom. The van der Waals surface area contributed by atoms with Gasteiger partial charge in [-0.25, -0.2) is 8.78 Å². The predicted molar refractivity (Wildman–Crippen MR) is 217 cm³/mol. The van der Waals surface area contributed by atoms with Crippen LogP contribution in [0.4, 0.5) is 8.78 Å². The fourth-order valence-electron chi connectivity index (χ4n) is 10.2. The zero-order chi connectivity index (χ0) is 39.3. The van der Waals surface area contributed by atoms with Crippen LogP contribution in [0.3, 0.4) is 0 Å². The van der Waals surface area contributed by atoms with Crippen LogP contribution < -0.4 is 16.0 Å². The first-order chi connectivity index (χ1) is 28.3. The highest BCUT2D eigenvalue weighted by atomic mass is 19.1. The number of likely N-dealkylation sites (tertiary alicyclic amines) is 1. The van der Waals surface area contributed by atoms with Gasteiger partial charge in [-0.15, -0.1) is 0 Å². The molecule has 0 saturated carbocycles. The number of fused-ring (bicyclic) bond motifs is 12. The summed E-state index contributed by atoms with van der Waals surface area (Å²) in [7, 11) is 0. The monoisotopic (exact) mass is 776 g/mol. The molecule has 6 aliphatic rings. The van der Waals surface area contributed by atoms with Crippen molar-refractivity contribution >= 4 is 11.8 Å². The fourth-order valence-corrected chi connectivity index (χ4v) is 10.2. The molecule has 5 N–H and O–H groups in total. The molecule has 58 heavy (non-hydrogen) atoms. The third-order valence-corrected chi connectivity index (χ3v) is 13.4. The molecule has 0 unspecified atom stereocenters. The third-order valence-electron chi connectivity index (χ3n) is 13.4. The second-order valence-electron chi connectivity index (χ2n) is 16.7. The molecule has 2 saturated heterocycles. The van der Waals surface area contributed by atoms with Crippen LogP contribution in [0.5, 0.6) is 0 Å². The molecule has 2 fully saturated rings. The van der Waals surface area contributed by atoms with E-state index in [1.807, 2.05) is 36.7 Å². The molecule has 10 nitrogen and oxygen atoms in total. The number of likely N-dealkylation sites (N-methyl/N-ethyl adjacent to an activating group) is 1. The number of aryl methyl sites for hydroxylation is 2. The second-order valence-corrected chi connectivity index (χ2v) is 16.7. The Kier molecular flexibility index (Phi) is 7.90. The van der Waals surface area contributed by atoms with Gasteiger partial charge in [-0.2, -0.15) is 0 Å². The van der Waals surface area contributed by atoms with E-state index in [-0.39, 0.29) is 34.3 Å². The number of nitrogens with one attached hydrogen (secondary N) is 5. The number of pyridine rings is 2. The SMILES string of the molecule is CCN1CC2(CNC(=O)c3c2[nH]c2c3CCc3cnc(-c4ccccc4F)cc3-2)C1.O=C1NCC2(CNC2)c2[nH]c3c(c21)CCc1cnc(-c2ccccc2F)cc1-3. The first kappa shape index (κ1) is 35.2. The Hall–Kier alpha value is -5.98. The summed E-state index contributed by atoms with van der Waals surface area (Å²) in [4.78, 5) is 44.2. The zero-order valence-corrected chi connectivity index (χ0v) is 32.1. The van der Waals surface area contributed by atoms with Crippen LogP contribution >= 0.6 is 0 Å².